The first-order valence-corrected chi connectivity index (χ1v) is 12.1. The number of carbonyl (C=O) groups is 4. The van der Waals surface area contributed by atoms with E-state index in [0.29, 0.717) is 0 Å². The summed E-state index contributed by atoms with van der Waals surface area (Å²) in [5.74, 6) is -2.39. The van der Waals surface area contributed by atoms with E-state index in [0.717, 1.165) is 0 Å². The average Bonchev–Trinajstić information content (AvgIpc) is 2.91. The summed E-state index contributed by atoms with van der Waals surface area (Å²) in [4.78, 5) is 49.5. The predicted octanol–water partition coefficient (Wildman–Crippen LogP) is 2.80. The molecule has 1 aliphatic rings. The van der Waals surface area contributed by atoms with E-state index in [1.165, 1.54) is 48.5 Å². The SMILES string of the molecule is CC1(C)C(OC(=O)c2ccc(C(=O)OCCO)cc2)C(C)(C)C1OC(=O)c1ccc(C(=O)OCCO)cc1. The molecule has 10 nitrogen and oxygen atoms in total. The summed E-state index contributed by atoms with van der Waals surface area (Å²) in [6, 6.07) is 11.6. The molecule has 0 aromatic heterocycles. The van der Waals surface area contributed by atoms with Gasteiger partial charge in [-0.3, -0.25) is 0 Å². The lowest BCUT2D eigenvalue weighted by atomic mass is 9.51. The molecule has 3 rings (SSSR count). The van der Waals surface area contributed by atoms with Gasteiger partial charge in [-0.25, -0.2) is 19.2 Å². The van der Waals surface area contributed by atoms with Crippen LogP contribution < -0.4 is 0 Å². The molecule has 0 unspecified atom stereocenters. The summed E-state index contributed by atoms with van der Waals surface area (Å²) in [7, 11) is 0. The summed E-state index contributed by atoms with van der Waals surface area (Å²) < 4.78 is 21.3. The van der Waals surface area contributed by atoms with Gasteiger partial charge in [0.15, 0.2) is 0 Å². The number of carbonyl (C=O) groups excluding carboxylic acids is 4. The first-order chi connectivity index (χ1) is 17.9. The van der Waals surface area contributed by atoms with Crippen molar-refractivity contribution in [3.63, 3.8) is 0 Å². The number of rotatable bonds is 10. The molecule has 2 aromatic carbocycles. The molecule has 0 bridgehead atoms. The second kappa shape index (κ2) is 11.7. The van der Waals surface area contributed by atoms with Gasteiger partial charge in [0.2, 0.25) is 0 Å². The highest BCUT2D eigenvalue weighted by atomic mass is 16.6. The zero-order valence-electron chi connectivity index (χ0n) is 21.8. The lowest BCUT2D eigenvalue weighted by molar-refractivity contribution is -0.246. The number of esters is 4. The second-order valence-electron chi connectivity index (χ2n) is 10.1. The Bertz CT molecular complexity index is 1060. The van der Waals surface area contributed by atoms with Crippen molar-refractivity contribution in [3.05, 3.63) is 70.8 Å². The topological polar surface area (TPSA) is 146 Å². The van der Waals surface area contributed by atoms with Crippen LogP contribution in [0.1, 0.15) is 69.1 Å². The van der Waals surface area contributed by atoms with Crippen molar-refractivity contribution in [1.82, 2.24) is 0 Å². The van der Waals surface area contributed by atoms with E-state index in [9.17, 15) is 19.2 Å². The van der Waals surface area contributed by atoms with E-state index < -0.39 is 46.9 Å². The van der Waals surface area contributed by atoms with Crippen LogP contribution in [-0.4, -0.2) is 72.7 Å². The first-order valence-electron chi connectivity index (χ1n) is 12.1. The van der Waals surface area contributed by atoms with Gasteiger partial charge in [0, 0.05) is 10.8 Å². The molecule has 0 amide bonds. The normalized spacial score (nSPS) is 19.0. The quantitative estimate of drug-likeness (QED) is 0.349. The van der Waals surface area contributed by atoms with Crippen LogP contribution in [0.4, 0.5) is 0 Å². The smallest absolute Gasteiger partial charge is 0.338 e. The molecule has 0 radical (unpaired) electrons. The van der Waals surface area contributed by atoms with Crippen LogP contribution in [0.25, 0.3) is 0 Å². The third kappa shape index (κ3) is 6.03. The Morgan fingerprint density at radius 3 is 1.11 bits per heavy atom. The van der Waals surface area contributed by atoms with Crippen LogP contribution in [0.5, 0.6) is 0 Å². The predicted molar refractivity (Wildman–Crippen MR) is 134 cm³/mol. The minimum atomic E-state index is -0.698. The van der Waals surface area contributed by atoms with E-state index in [2.05, 4.69) is 0 Å². The maximum Gasteiger partial charge on any atom is 0.338 e. The van der Waals surface area contributed by atoms with Crippen molar-refractivity contribution in [3.8, 4) is 0 Å². The van der Waals surface area contributed by atoms with Crippen molar-refractivity contribution in [1.29, 1.82) is 0 Å². The zero-order valence-corrected chi connectivity index (χ0v) is 21.8. The van der Waals surface area contributed by atoms with E-state index in [1.54, 1.807) is 0 Å². The third-order valence-corrected chi connectivity index (χ3v) is 6.51. The van der Waals surface area contributed by atoms with Crippen molar-refractivity contribution >= 4 is 23.9 Å². The molecule has 2 N–H and O–H groups in total. The van der Waals surface area contributed by atoms with Crippen LogP contribution in [0.3, 0.4) is 0 Å². The second-order valence-corrected chi connectivity index (χ2v) is 10.1. The van der Waals surface area contributed by atoms with Gasteiger partial charge in [0.25, 0.3) is 0 Å². The number of aliphatic hydroxyl groups is 2. The van der Waals surface area contributed by atoms with Gasteiger partial charge in [-0.05, 0) is 48.5 Å². The molecule has 0 atom stereocenters. The van der Waals surface area contributed by atoms with Crippen LogP contribution in [-0.2, 0) is 18.9 Å². The van der Waals surface area contributed by atoms with Gasteiger partial charge >= 0.3 is 23.9 Å². The van der Waals surface area contributed by atoms with Crippen molar-refractivity contribution in [2.75, 3.05) is 26.4 Å². The molecule has 38 heavy (non-hydrogen) atoms. The summed E-state index contributed by atoms with van der Waals surface area (Å²) in [5, 5.41) is 17.5. The molecule has 1 fully saturated rings. The fourth-order valence-electron chi connectivity index (χ4n) is 4.98. The van der Waals surface area contributed by atoms with E-state index in [1.807, 2.05) is 27.7 Å². The minimum Gasteiger partial charge on any atom is -0.460 e. The van der Waals surface area contributed by atoms with Crippen LogP contribution in [0.2, 0.25) is 0 Å². The molecule has 204 valence electrons. The van der Waals surface area contributed by atoms with Crippen LogP contribution in [0, 0.1) is 10.8 Å². The molecule has 2 aromatic rings. The monoisotopic (exact) mass is 528 g/mol. The zero-order chi connectivity index (χ0) is 28.1. The summed E-state index contributed by atoms with van der Waals surface area (Å²) in [6.45, 7) is 6.56. The fraction of sp³-hybridized carbons (Fsp3) is 0.429. The number of benzene rings is 2. The highest BCUT2D eigenvalue weighted by Crippen LogP contribution is 2.57. The minimum absolute atomic E-state index is 0.119. The molecule has 1 saturated carbocycles. The lowest BCUT2D eigenvalue weighted by Gasteiger charge is -2.61. The van der Waals surface area contributed by atoms with Crippen molar-refractivity contribution in [2.45, 2.75) is 39.9 Å². The Hall–Kier alpha value is -3.76. The highest BCUT2D eigenvalue weighted by Gasteiger charge is 2.66. The maximum atomic E-state index is 12.8. The maximum absolute atomic E-state index is 12.8. The van der Waals surface area contributed by atoms with E-state index >= 15 is 0 Å². The largest absolute Gasteiger partial charge is 0.460 e. The lowest BCUT2D eigenvalue weighted by Crippen LogP contribution is -2.69. The molecular formula is C28H32O10. The van der Waals surface area contributed by atoms with Crippen molar-refractivity contribution < 1.29 is 48.3 Å². The molecule has 0 saturated heterocycles. The number of hydrogen-bond donors (Lipinski definition) is 2. The summed E-state index contributed by atoms with van der Waals surface area (Å²) in [6.07, 6.45) is -1.14. The molecule has 1 aliphatic carbocycles. The van der Waals surface area contributed by atoms with Gasteiger partial charge in [-0.2, -0.15) is 0 Å². The number of aliphatic hydroxyl groups excluding tert-OH is 2. The van der Waals surface area contributed by atoms with Gasteiger partial charge in [-0.15, -0.1) is 0 Å². The Morgan fingerprint density at radius 1 is 0.579 bits per heavy atom. The summed E-state index contributed by atoms with van der Waals surface area (Å²) in [5.41, 5.74) is -0.433. The summed E-state index contributed by atoms with van der Waals surface area (Å²) >= 11 is 0. The first kappa shape index (κ1) is 28.8. The Morgan fingerprint density at radius 2 is 0.842 bits per heavy atom. The van der Waals surface area contributed by atoms with Crippen LogP contribution in [0.15, 0.2) is 48.5 Å². The Kier molecular flexibility index (Phi) is 8.90. The van der Waals surface area contributed by atoms with E-state index in [4.69, 9.17) is 29.2 Å². The Balaban J connectivity index is 1.63. The number of ether oxygens (including phenoxy) is 4. The van der Waals surface area contributed by atoms with E-state index in [-0.39, 0.29) is 48.7 Å². The van der Waals surface area contributed by atoms with Crippen molar-refractivity contribution in [2.24, 2.45) is 10.8 Å². The standard InChI is InChI=1S/C28H32O10/c1-27(2)25(37-23(33)19-9-5-17(6-10-19)21(31)35-15-13-29)28(3,4)26(27)38-24(34)20-11-7-18(8-12-20)22(32)36-16-14-30/h5-12,25-26,29-30H,13-16H2,1-4H3. The average molecular weight is 529 g/mol. The van der Waals surface area contributed by atoms with Gasteiger partial charge in [0.05, 0.1) is 35.5 Å². The Labute approximate surface area is 220 Å². The molecule has 10 heteroatoms. The third-order valence-electron chi connectivity index (χ3n) is 6.51. The van der Waals surface area contributed by atoms with Gasteiger partial charge < -0.3 is 29.2 Å². The molecule has 0 heterocycles. The molecule has 0 aliphatic heterocycles. The molecular weight excluding hydrogens is 496 g/mol. The van der Waals surface area contributed by atoms with Crippen LogP contribution >= 0.6 is 0 Å². The van der Waals surface area contributed by atoms with Gasteiger partial charge in [0.1, 0.15) is 25.4 Å². The molecule has 0 spiro atoms. The fourth-order valence-corrected chi connectivity index (χ4v) is 4.98. The number of hydrogen-bond acceptors (Lipinski definition) is 10. The highest BCUT2D eigenvalue weighted by molar-refractivity contribution is 5.94. The van der Waals surface area contributed by atoms with Gasteiger partial charge in [-0.1, -0.05) is 27.7 Å².